The van der Waals surface area contributed by atoms with Crippen molar-refractivity contribution < 1.29 is 19.1 Å². The molecule has 0 saturated carbocycles. The summed E-state index contributed by atoms with van der Waals surface area (Å²) in [6.07, 6.45) is 2.25. The van der Waals surface area contributed by atoms with E-state index in [-0.39, 0.29) is 17.9 Å². The van der Waals surface area contributed by atoms with E-state index in [1.807, 2.05) is 30.6 Å². The Labute approximate surface area is 156 Å². The van der Waals surface area contributed by atoms with Crippen LogP contribution in [0.3, 0.4) is 0 Å². The first kappa shape index (κ1) is 20.1. The van der Waals surface area contributed by atoms with Gasteiger partial charge in [0.05, 0.1) is 13.2 Å². The van der Waals surface area contributed by atoms with Crippen LogP contribution in [0, 0.1) is 0 Å². The van der Waals surface area contributed by atoms with Crippen LogP contribution in [-0.2, 0) is 4.79 Å². The van der Waals surface area contributed by atoms with Crippen LogP contribution in [0.1, 0.15) is 50.4 Å². The Hall–Kier alpha value is -2.24. The summed E-state index contributed by atoms with van der Waals surface area (Å²) in [5.41, 5.74) is 0.575. The fourth-order valence-corrected chi connectivity index (χ4v) is 3.08. The van der Waals surface area contributed by atoms with Crippen LogP contribution in [0.5, 0.6) is 11.5 Å². The number of ether oxygens (including phenoxy) is 2. The molecule has 0 N–H and O–H groups in total. The third-order valence-corrected chi connectivity index (χ3v) is 4.37. The highest BCUT2D eigenvalue weighted by molar-refractivity contribution is 5.95. The van der Waals surface area contributed by atoms with Crippen molar-refractivity contribution >= 4 is 11.8 Å². The number of nitrogens with zero attached hydrogens (tertiary/aromatic N) is 2. The second-order valence-corrected chi connectivity index (χ2v) is 6.81. The van der Waals surface area contributed by atoms with Crippen LogP contribution in [0.25, 0.3) is 0 Å². The quantitative estimate of drug-likeness (QED) is 0.781. The highest BCUT2D eigenvalue weighted by atomic mass is 16.5. The molecule has 1 fully saturated rings. The summed E-state index contributed by atoms with van der Waals surface area (Å²) in [5.74, 6) is 1.33. The van der Waals surface area contributed by atoms with Crippen molar-refractivity contribution in [1.29, 1.82) is 0 Å². The minimum absolute atomic E-state index is 0.0303. The minimum atomic E-state index is -0.0378. The molecular formula is C20H30N2O4. The molecule has 1 aromatic carbocycles. The third-order valence-electron chi connectivity index (χ3n) is 4.37. The normalized spacial score (nSPS) is 15.0. The lowest BCUT2D eigenvalue weighted by molar-refractivity contribution is -0.131. The average Bonchev–Trinajstić information content (AvgIpc) is 2.87. The summed E-state index contributed by atoms with van der Waals surface area (Å²) in [6.45, 7) is 8.42. The van der Waals surface area contributed by atoms with E-state index >= 15 is 0 Å². The Kier molecular flexibility index (Phi) is 7.30. The van der Waals surface area contributed by atoms with Crippen LogP contribution < -0.4 is 9.47 Å². The minimum Gasteiger partial charge on any atom is -0.493 e. The van der Waals surface area contributed by atoms with E-state index in [1.165, 1.54) is 0 Å². The van der Waals surface area contributed by atoms with Crippen LogP contribution in [0.15, 0.2) is 18.2 Å². The van der Waals surface area contributed by atoms with E-state index in [9.17, 15) is 9.59 Å². The maximum atomic E-state index is 12.9. The van der Waals surface area contributed by atoms with Gasteiger partial charge in [-0.15, -0.1) is 0 Å². The summed E-state index contributed by atoms with van der Waals surface area (Å²) < 4.78 is 11.1. The van der Waals surface area contributed by atoms with E-state index in [0.717, 1.165) is 12.8 Å². The molecular weight excluding hydrogens is 332 g/mol. The highest BCUT2D eigenvalue weighted by Crippen LogP contribution is 2.29. The van der Waals surface area contributed by atoms with Crippen molar-refractivity contribution in [3.05, 3.63) is 23.8 Å². The van der Waals surface area contributed by atoms with E-state index in [2.05, 4.69) is 0 Å². The predicted octanol–water partition coefficient (Wildman–Crippen LogP) is 2.96. The Morgan fingerprint density at radius 2 is 1.77 bits per heavy atom. The molecule has 1 aliphatic heterocycles. The first-order chi connectivity index (χ1) is 12.5. The van der Waals surface area contributed by atoms with Gasteiger partial charge in [0.1, 0.15) is 0 Å². The number of methoxy groups -OCH3 is 1. The summed E-state index contributed by atoms with van der Waals surface area (Å²) in [6, 6.07) is 5.28. The lowest BCUT2D eigenvalue weighted by atomic mass is 10.1. The van der Waals surface area contributed by atoms with Crippen LogP contribution in [0.4, 0.5) is 0 Å². The van der Waals surface area contributed by atoms with Crippen LogP contribution in [0.2, 0.25) is 0 Å². The SMILES string of the molecule is CCCC(=O)N1CCCN(C(=O)c2ccc(OC(C)C)c(OC)c2)CC1. The summed E-state index contributed by atoms with van der Waals surface area (Å²) in [5, 5.41) is 0. The molecule has 0 bridgehead atoms. The molecule has 26 heavy (non-hydrogen) atoms. The fourth-order valence-electron chi connectivity index (χ4n) is 3.08. The first-order valence-corrected chi connectivity index (χ1v) is 9.38. The van der Waals surface area contributed by atoms with Gasteiger partial charge in [-0.2, -0.15) is 0 Å². The molecule has 1 aliphatic rings. The lowest BCUT2D eigenvalue weighted by Gasteiger charge is -2.22. The molecule has 0 atom stereocenters. The number of hydrogen-bond donors (Lipinski definition) is 0. The molecule has 2 amide bonds. The topological polar surface area (TPSA) is 59.1 Å². The van der Waals surface area contributed by atoms with Crippen molar-refractivity contribution in [2.75, 3.05) is 33.3 Å². The van der Waals surface area contributed by atoms with Crippen molar-refractivity contribution in [2.24, 2.45) is 0 Å². The standard InChI is InChI=1S/C20H30N2O4/c1-5-7-19(23)21-10-6-11-22(13-12-21)20(24)16-8-9-17(26-15(2)3)18(14-16)25-4/h8-9,14-15H,5-7,10-13H2,1-4H3. The monoisotopic (exact) mass is 362 g/mol. The molecule has 0 radical (unpaired) electrons. The maximum Gasteiger partial charge on any atom is 0.254 e. The van der Waals surface area contributed by atoms with Crippen molar-refractivity contribution in [3.8, 4) is 11.5 Å². The molecule has 0 unspecified atom stereocenters. The number of benzene rings is 1. The number of rotatable bonds is 6. The molecule has 6 nitrogen and oxygen atoms in total. The molecule has 0 aliphatic carbocycles. The molecule has 1 heterocycles. The number of carbonyl (C=O) groups excluding carboxylic acids is 2. The van der Waals surface area contributed by atoms with Gasteiger partial charge < -0.3 is 19.3 Å². The third kappa shape index (κ3) is 5.13. The van der Waals surface area contributed by atoms with Crippen molar-refractivity contribution in [2.45, 2.75) is 46.1 Å². The average molecular weight is 362 g/mol. The second-order valence-electron chi connectivity index (χ2n) is 6.81. The zero-order valence-electron chi connectivity index (χ0n) is 16.3. The Morgan fingerprint density at radius 1 is 1.08 bits per heavy atom. The van der Waals surface area contributed by atoms with Gasteiger partial charge in [-0.05, 0) is 44.9 Å². The molecule has 1 aromatic rings. The molecule has 2 rings (SSSR count). The molecule has 144 valence electrons. The number of amides is 2. The molecule has 6 heteroatoms. The molecule has 0 spiro atoms. The van der Waals surface area contributed by atoms with Gasteiger partial charge >= 0.3 is 0 Å². The van der Waals surface area contributed by atoms with Crippen LogP contribution in [-0.4, -0.2) is 61.0 Å². The van der Waals surface area contributed by atoms with Gasteiger partial charge in [-0.1, -0.05) is 6.92 Å². The van der Waals surface area contributed by atoms with Gasteiger partial charge in [0.25, 0.3) is 5.91 Å². The van der Waals surface area contributed by atoms with Gasteiger partial charge in [0.15, 0.2) is 11.5 Å². The zero-order valence-corrected chi connectivity index (χ0v) is 16.3. The second kappa shape index (κ2) is 9.46. The molecule has 0 aromatic heterocycles. The van der Waals surface area contributed by atoms with E-state index in [4.69, 9.17) is 9.47 Å². The smallest absolute Gasteiger partial charge is 0.254 e. The summed E-state index contributed by atoms with van der Waals surface area (Å²) in [7, 11) is 1.57. The molecule has 1 saturated heterocycles. The Morgan fingerprint density at radius 3 is 2.42 bits per heavy atom. The van der Waals surface area contributed by atoms with Crippen LogP contribution >= 0.6 is 0 Å². The lowest BCUT2D eigenvalue weighted by Crippen LogP contribution is -2.37. The number of hydrogen-bond acceptors (Lipinski definition) is 4. The Bertz CT molecular complexity index is 630. The predicted molar refractivity (Wildman–Crippen MR) is 101 cm³/mol. The fraction of sp³-hybridized carbons (Fsp3) is 0.600. The zero-order chi connectivity index (χ0) is 19.1. The van der Waals surface area contributed by atoms with E-state index in [1.54, 1.807) is 25.3 Å². The number of carbonyl (C=O) groups is 2. The van der Waals surface area contributed by atoms with Gasteiger partial charge in [-0.25, -0.2) is 0 Å². The van der Waals surface area contributed by atoms with Crippen molar-refractivity contribution in [3.63, 3.8) is 0 Å². The van der Waals surface area contributed by atoms with Gasteiger partial charge in [0, 0.05) is 38.2 Å². The van der Waals surface area contributed by atoms with Gasteiger partial charge in [0.2, 0.25) is 5.91 Å². The highest BCUT2D eigenvalue weighted by Gasteiger charge is 2.23. The summed E-state index contributed by atoms with van der Waals surface area (Å²) >= 11 is 0. The summed E-state index contributed by atoms with van der Waals surface area (Å²) in [4.78, 5) is 28.7. The van der Waals surface area contributed by atoms with E-state index in [0.29, 0.717) is 49.7 Å². The van der Waals surface area contributed by atoms with Crippen molar-refractivity contribution in [1.82, 2.24) is 9.80 Å². The Balaban J connectivity index is 2.07. The van der Waals surface area contributed by atoms with Gasteiger partial charge in [-0.3, -0.25) is 9.59 Å². The largest absolute Gasteiger partial charge is 0.493 e. The first-order valence-electron chi connectivity index (χ1n) is 9.38. The maximum absolute atomic E-state index is 12.9. The van der Waals surface area contributed by atoms with E-state index < -0.39 is 0 Å².